The van der Waals surface area contributed by atoms with E-state index in [1.165, 1.54) is 22.2 Å². The van der Waals surface area contributed by atoms with Crippen molar-refractivity contribution in [2.75, 3.05) is 5.32 Å². The van der Waals surface area contributed by atoms with Crippen LogP contribution in [0.2, 0.25) is 0 Å². The first-order valence-corrected chi connectivity index (χ1v) is 9.29. The highest BCUT2D eigenvalue weighted by Crippen LogP contribution is 2.30. The molecule has 0 unspecified atom stereocenters. The summed E-state index contributed by atoms with van der Waals surface area (Å²) in [6.45, 7) is 8.07. The molecule has 2 aromatic heterocycles. The molecule has 6 nitrogen and oxygen atoms in total. The van der Waals surface area contributed by atoms with Gasteiger partial charge in [0, 0.05) is 6.54 Å². The first-order chi connectivity index (χ1) is 12.4. The molecule has 3 rings (SSSR count). The fourth-order valence-electron chi connectivity index (χ4n) is 2.71. The zero-order valence-electron chi connectivity index (χ0n) is 15.2. The number of ether oxygens (including phenoxy) is 1. The fourth-order valence-corrected chi connectivity index (χ4v) is 3.74. The number of carbonyl (C=O) groups is 1. The molecule has 3 aromatic rings. The summed E-state index contributed by atoms with van der Waals surface area (Å²) in [5.74, 6) is 0.342. The Labute approximate surface area is 155 Å². The monoisotopic (exact) mass is 371 g/mol. The van der Waals surface area contributed by atoms with Gasteiger partial charge in [-0.05, 0) is 45.4 Å². The Morgan fingerprint density at radius 3 is 2.77 bits per heavy atom. The number of hydrogen-bond donors (Lipinski definition) is 1. The van der Waals surface area contributed by atoms with Gasteiger partial charge in [0.25, 0.3) is 11.5 Å². The Morgan fingerprint density at radius 2 is 2.08 bits per heavy atom. The minimum Gasteiger partial charge on any atom is -0.489 e. The minimum atomic E-state index is -0.271. The molecule has 136 valence electrons. The highest BCUT2D eigenvalue weighted by Gasteiger charge is 2.20. The van der Waals surface area contributed by atoms with Crippen molar-refractivity contribution in [3.05, 3.63) is 51.4 Å². The normalized spacial score (nSPS) is 11.1. The van der Waals surface area contributed by atoms with Crippen LogP contribution in [0.25, 0.3) is 10.2 Å². The number of para-hydroxylation sites is 2. The summed E-state index contributed by atoms with van der Waals surface area (Å²) >= 11 is 1.23. The van der Waals surface area contributed by atoms with Gasteiger partial charge in [-0.15, -0.1) is 11.3 Å². The summed E-state index contributed by atoms with van der Waals surface area (Å²) in [6, 6.07) is 7.30. The Bertz CT molecular complexity index is 1020. The smallest absolute Gasteiger partial charge is 0.266 e. The molecule has 26 heavy (non-hydrogen) atoms. The number of nitrogens with zero attached hydrogens (tertiary/aromatic N) is 2. The van der Waals surface area contributed by atoms with Crippen LogP contribution < -0.4 is 15.6 Å². The minimum absolute atomic E-state index is 0.00387. The van der Waals surface area contributed by atoms with Crippen molar-refractivity contribution in [3.8, 4) is 5.75 Å². The van der Waals surface area contributed by atoms with Crippen LogP contribution >= 0.6 is 11.3 Å². The lowest BCUT2D eigenvalue weighted by Crippen LogP contribution is -2.19. The van der Waals surface area contributed by atoms with E-state index in [1.807, 2.05) is 39.0 Å². The second-order valence-corrected chi connectivity index (χ2v) is 7.19. The van der Waals surface area contributed by atoms with Crippen molar-refractivity contribution in [2.45, 2.75) is 40.3 Å². The lowest BCUT2D eigenvalue weighted by Gasteiger charge is -2.14. The van der Waals surface area contributed by atoms with Crippen LogP contribution in [0.5, 0.6) is 5.75 Å². The quantitative estimate of drug-likeness (QED) is 0.740. The Kier molecular flexibility index (Phi) is 5.08. The molecular formula is C19H21N3O3S. The fraction of sp³-hybridized carbons (Fsp3) is 0.316. The highest BCUT2D eigenvalue weighted by molar-refractivity contribution is 7.20. The van der Waals surface area contributed by atoms with E-state index in [4.69, 9.17) is 4.74 Å². The summed E-state index contributed by atoms with van der Waals surface area (Å²) < 4.78 is 7.28. The summed E-state index contributed by atoms with van der Waals surface area (Å²) in [5.41, 5.74) is 1.14. The van der Waals surface area contributed by atoms with Crippen LogP contribution in [0.3, 0.4) is 0 Å². The maximum atomic E-state index is 12.8. The molecule has 0 radical (unpaired) electrons. The SMILES string of the molecule is CCn1cnc2sc(C(=O)Nc3ccccc3OC(C)C)c(C)c2c1=O. The van der Waals surface area contributed by atoms with Crippen LogP contribution in [0, 0.1) is 6.92 Å². The van der Waals surface area contributed by atoms with E-state index in [-0.39, 0.29) is 17.6 Å². The maximum Gasteiger partial charge on any atom is 0.266 e. The molecule has 1 amide bonds. The van der Waals surface area contributed by atoms with Gasteiger partial charge in [-0.2, -0.15) is 0 Å². The first-order valence-electron chi connectivity index (χ1n) is 8.48. The number of anilines is 1. The Balaban J connectivity index is 1.98. The van der Waals surface area contributed by atoms with Crippen LogP contribution in [0.15, 0.2) is 35.4 Å². The number of amides is 1. The number of thiophene rings is 1. The molecule has 0 aliphatic rings. The van der Waals surface area contributed by atoms with Gasteiger partial charge in [0.1, 0.15) is 10.6 Å². The predicted octanol–water partition coefficient (Wildman–Crippen LogP) is 3.83. The second-order valence-electron chi connectivity index (χ2n) is 6.19. The molecule has 0 saturated heterocycles. The van der Waals surface area contributed by atoms with Crippen molar-refractivity contribution in [1.82, 2.24) is 9.55 Å². The highest BCUT2D eigenvalue weighted by atomic mass is 32.1. The third-order valence-corrected chi connectivity index (χ3v) is 5.16. The van der Waals surface area contributed by atoms with Crippen LogP contribution in [0.1, 0.15) is 36.0 Å². The van der Waals surface area contributed by atoms with E-state index >= 15 is 0 Å². The zero-order valence-corrected chi connectivity index (χ0v) is 16.0. The molecule has 0 spiro atoms. The van der Waals surface area contributed by atoms with Crippen LogP contribution in [-0.2, 0) is 6.54 Å². The molecule has 1 N–H and O–H groups in total. The third-order valence-electron chi connectivity index (χ3n) is 3.96. The van der Waals surface area contributed by atoms with Gasteiger partial charge in [0.05, 0.1) is 28.4 Å². The van der Waals surface area contributed by atoms with Gasteiger partial charge in [0.2, 0.25) is 0 Å². The van der Waals surface area contributed by atoms with Crippen molar-refractivity contribution >= 4 is 33.1 Å². The zero-order chi connectivity index (χ0) is 18.8. The molecule has 0 aliphatic heterocycles. The molecule has 0 fully saturated rings. The van der Waals surface area contributed by atoms with E-state index in [1.54, 1.807) is 13.0 Å². The largest absolute Gasteiger partial charge is 0.489 e. The number of rotatable bonds is 5. The van der Waals surface area contributed by atoms with Gasteiger partial charge < -0.3 is 10.1 Å². The Morgan fingerprint density at radius 1 is 1.35 bits per heavy atom. The average molecular weight is 371 g/mol. The van der Waals surface area contributed by atoms with Crippen molar-refractivity contribution < 1.29 is 9.53 Å². The molecule has 0 atom stereocenters. The number of aromatic nitrogens is 2. The molecule has 7 heteroatoms. The average Bonchev–Trinajstić information content (AvgIpc) is 2.94. The molecule has 2 heterocycles. The summed E-state index contributed by atoms with van der Waals surface area (Å²) in [7, 11) is 0. The maximum absolute atomic E-state index is 12.8. The van der Waals surface area contributed by atoms with Gasteiger partial charge in [-0.3, -0.25) is 14.2 Å². The first kappa shape index (κ1) is 18.1. The van der Waals surface area contributed by atoms with E-state index in [0.29, 0.717) is 38.6 Å². The van der Waals surface area contributed by atoms with Crippen molar-refractivity contribution in [2.24, 2.45) is 0 Å². The molecule has 0 bridgehead atoms. The lowest BCUT2D eigenvalue weighted by molar-refractivity contribution is 0.102. The van der Waals surface area contributed by atoms with E-state index in [2.05, 4.69) is 10.3 Å². The van der Waals surface area contributed by atoms with E-state index in [0.717, 1.165) is 0 Å². The lowest BCUT2D eigenvalue weighted by atomic mass is 10.2. The topological polar surface area (TPSA) is 73.2 Å². The molecular weight excluding hydrogens is 350 g/mol. The van der Waals surface area contributed by atoms with E-state index in [9.17, 15) is 9.59 Å². The molecule has 1 aromatic carbocycles. The number of fused-ring (bicyclic) bond motifs is 1. The van der Waals surface area contributed by atoms with Gasteiger partial charge in [-0.25, -0.2) is 4.98 Å². The molecule has 0 aliphatic carbocycles. The molecule has 0 saturated carbocycles. The number of nitrogens with one attached hydrogen (secondary N) is 1. The summed E-state index contributed by atoms with van der Waals surface area (Å²) in [6.07, 6.45) is 1.52. The number of benzene rings is 1. The van der Waals surface area contributed by atoms with Crippen molar-refractivity contribution in [3.63, 3.8) is 0 Å². The second kappa shape index (κ2) is 7.29. The predicted molar refractivity (Wildman–Crippen MR) is 104 cm³/mol. The van der Waals surface area contributed by atoms with Crippen LogP contribution in [0.4, 0.5) is 5.69 Å². The van der Waals surface area contributed by atoms with Gasteiger partial charge in [-0.1, -0.05) is 12.1 Å². The number of aryl methyl sites for hydroxylation is 2. The van der Waals surface area contributed by atoms with E-state index < -0.39 is 0 Å². The Hall–Kier alpha value is -2.67. The van der Waals surface area contributed by atoms with Gasteiger partial charge in [0.15, 0.2) is 0 Å². The number of hydrogen-bond acceptors (Lipinski definition) is 5. The summed E-state index contributed by atoms with van der Waals surface area (Å²) in [4.78, 5) is 30.7. The van der Waals surface area contributed by atoms with Crippen LogP contribution in [-0.4, -0.2) is 21.6 Å². The summed E-state index contributed by atoms with van der Waals surface area (Å²) in [5, 5.41) is 3.40. The standard InChI is InChI=1S/C19H21N3O3S/c1-5-22-10-20-18-15(19(22)24)12(4)16(26-18)17(23)21-13-8-6-7-9-14(13)25-11(2)3/h6-11H,5H2,1-4H3,(H,21,23). The van der Waals surface area contributed by atoms with Crippen molar-refractivity contribution in [1.29, 1.82) is 0 Å². The number of carbonyl (C=O) groups excluding carboxylic acids is 1. The van der Waals surface area contributed by atoms with Gasteiger partial charge >= 0.3 is 0 Å². The third kappa shape index (κ3) is 3.35.